The van der Waals surface area contributed by atoms with Crippen molar-refractivity contribution in [3.8, 4) is 0 Å². The molecule has 8 nitrogen and oxygen atoms in total. The predicted octanol–water partition coefficient (Wildman–Crippen LogP) is 2.43. The molecule has 0 spiro atoms. The van der Waals surface area contributed by atoms with E-state index >= 15 is 0 Å². The number of furan rings is 1. The number of fused-ring (bicyclic) bond motifs is 1. The zero-order valence-electron chi connectivity index (χ0n) is 14.7. The first-order valence-electron chi connectivity index (χ1n) is 8.59. The molecule has 1 N–H and O–H groups in total. The van der Waals surface area contributed by atoms with Crippen LogP contribution in [0.5, 0.6) is 0 Å². The van der Waals surface area contributed by atoms with E-state index in [0.29, 0.717) is 30.7 Å². The fourth-order valence-corrected chi connectivity index (χ4v) is 3.09. The van der Waals surface area contributed by atoms with Crippen LogP contribution in [0.1, 0.15) is 16.1 Å². The number of rotatable bonds is 6. The molecule has 0 atom stereocenters. The van der Waals surface area contributed by atoms with E-state index in [-0.39, 0.29) is 17.2 Å². The smallest absolute Gasteiger partial charge is 0.287 e. The topological polar surface area (TPSA) is 95.0 Å². The van der Waals surface area contributed by atoms with E-state index in [1.54, 1.807) is 21.4 Å². The van der Waals surface area contributed by atoms with Gasteiger partial charge in [-0.05, 0) is 29.8 Å². The van der Waals surface area contributed by atoms with Crippen molar-refractivity contribution in [2.24, 2.45) is 0 Å². The van der Waals surface area contributed by atoms with Gasteiger partial charge >= 0.3 is 0 Å². The van der Waals surface area contributed by atoms with E-state index in [4.69, 9.17) is 4.42 Å². The van der Waals surface area contributed by atoms with E-state index in [2.05, 4.69) is 31.3 Å². The zero-order valence-corrected chi connectivity index (χ0v) is 16.3. The summed E-state index contributed by atoms with van der Waals surface area (Å²) in [6.07, 6.45) is 4.47. The minimum Gasteiger partial charge on any atom is -0.459 e. The number of aromatic nitrogens is 4. The largest absolute Gasteiger partial charge is 0.459 e. The van der Waals surface area contributed by atoms with Gasteiger partial charge in [-0.2, -0.15) is 5.10 Å². The number of halogens is 1. The van der Waals surface area contributed by atoms with E-state index in [9.17, 15) is 9.59 Å². The van der Waals surface area contributed by atoms with Crippen LogP contribution in [0.2, 0.25) is 0 Å². The van der Waals surface area contributed by atoms with Gasteiger partial charge in [-0.15, -0.1) is 0 Å². The first-order chi connectivity index (χ1) is 13.6. The number of nitrogens with one attached hydrogen (secondary N) is 1. The van der Waals surface area contributed by atoms with Crippen LogP contribution in [0.15, 0.2) is 68.9 Å². The van der Waals surface area contributed by atoms with Crippen molar-refractivity contribution in [2.75, 3.05) is 6.54 Å². The summed E-state index contributed by atoms with van der Waals surface area (Å²) in [7, 11) is 0. The van der Waals surface area contributed by atoms with E-state index in [1.807, 2.05) is 24.3 Å². The van der Waals surface area contributed by atoms with Crippen LogP contribution in [-0.4, -0.2) is 31.8 Å². The molecule has 9 heteroatoms. The molecular weight excluding hydrogens is 426 g/mol. The Balaban J connectivity index is 1.47. The summed E-state index contributed by atoms with van der Waals surface area (Å²) in [6, 6.07) is 11.0. The Morgan fingerprint density at radius 1 is 1.21 bits per heavy atom. The summed E-state index contributed by atoms with van der Waals surface area (Å²) >= 11 is 3.40. The molecule has 0 fully saturated rings. The summed E-state index contributed by atoms with van der Waals surface area (Å²) in [6.45, 7) is 1.15. The van der Waals surface area contributed by atoms with Crippen molar-refractivity contribution in [1.29, 1.82) is 0 Å². The number of hydrogen-bond acceptors (Lipinski definition) is 5. The van der Waals surface area contributed by atoms with Gasteiger partial charge < -0.3 is 9.73 Å². The highest BCUT2D eigenvalue weighted by molar-refractivity contribution is 9.10. The molecule has 4 aromatic rings. The maximum atomic E-state index is 12.7. The standard InChI is InChI=1S/C19H16BrN5O3/c20-14-5-3-13(4-6-14)11-24-12-22-17-15(19(24)27)10-23-25(17)8-7-21-18(26)16-2-1-9-28-16/h1-6,9-10,12H,7-8,11H2,(H,21,26). The highest BCUT2D eigenvalue weighted by atomic mass is 79.9. The van der Waals surface area contributed by atoms with Crippen LogP contribution in [0.3, 0.4) is 0 Å². The van der Waals surface area contributed by atoms with Gasteiger partial charge in [-0.25, -0.2) is 9.67 Å². The first kappa shape index (κ1) is 18.2. The van der Waals surface area contributed by atoms with Gasteiger partial charge in [0, 0.05) is 11.0 Å². The molecular formula is C19H16BrN5O3. The van der Waals surface area contributed by atoms with Gasteiger partial charge in [0.15, 0.2) is 11.4 Å². The molecule has 0 aliphatic rings. The molecule has 0 saturated heterocycles. The number of amides is 1. The number of benzene rings is 1. The Hall–Kier alpha value is -3.20. The summed E-state index contributed by atoms with van der Waals surface area (Å²) in [5.41, 5.74) is 1.34. The fourth-order valence-electron chi connectivity index (χ4n) is 2.83. The van der Waals surface area contributed by atoms with Crippen molar-refractivity contribution in [1.82, 2.24) is 24.6 Å². The van der Waals surface area contributed by atoms with Crippen molar-refractivity contribution < 1.29 is 9.21 Å². The lowest BCUT2D eigenvalue weighted by molar-refractivity contribution is 0.0924. The van der Waals surface area contributed by atoms with E-state index in [1.165, 1.54) is 18.8 Å². The number of nitrogens with zero attached hydrogens (tertiary/aromatic N) is 4. The van der Waals surface area contributed by atoms with E-state index < -0.39 is 0 Å². The Bertz CT molecular complexity index is 1160. The molecule has 0 aliphatic carbocycles. The normalized spacial score (nSPS) is 11.0. The third-order valence-corrected chi connectivity index (χ3v) is 4.77. The number of carbonyl (C=O) groups excluding carboxylic acids is 1. The van der Waals surface area contributed by atoms with Crippen LogP contribution < -0.4 is 10.9 Å². The summed E-state index contributed by atoms with van der Waals surface area (Å²) in [4.78, 5) is 29.0. The quantitative estimate of drug-likeness (QED) is 0.495. The zero-order chi connectivity index (χ0) is 19.5. The maximum absolute atomic E-state index is 12.7. The third kappa shape index (κ3) is 3.74. The third-order valence-electron chi connectivity index (χ3n) is 4.24. The van der Waals surface area contributed by atoms with Crippen LogP contribution in [0.25, 0.3) is 11.0 Å². The molecule has 0 saturated carbocycles. The van der Waals surface area contributed by atoms with Gasteiger partial charge in [-0.1, -0.05) is 28.1 Å². The lowest BCUT2D eigenvalue weighted by Gasteiger charge is -2.07. The minimum absolute atomic E-state index is 0.154. The molecule has 1 amide bonds. The molecule has 142 valence electrons. The van der Waals surface area contributed by atoms with Gasteiger partial charge in [-0.3, -0.25) is 14.2 Å². The molecule has 3 heterocycles. The SMILES string of the molecule is O=C(NCCn1ncc2c(=O)n(Cc3ccc(Br)cc3)cnc21)c1ccco1. The lowest BCUT2D eigenvalue weighted by atomic mass is 10.2. The second kappa shape index (κ2) is 7.81. The summed E-state index contributed by atoms with van der Waals surface area (Å²) < 4.78 is 9.18. The van der Waals surface area contributed by atoms with Crippen LogP contribution in [0.4, 0.5) is 0 Å². The molecule has 1 aromatic carbocycles. The molecule has 4 rings (SSSR count). The minimum atomic E-state index is -0.300. The maximum Gasteiger partial charge on any atom is 0.287 e. The monoisotopic (exact) mass is 441 g/mol. The summed E-state index contributed by atoms with van der Waals surface area (Å²) in [5, 5.41) is 7.42. The second-order valence-electron chi connectivity index (χ2n) is 6.14. The Morgan fingerprint density at radius 3 is 2.79 bits per heavy atom. The van der Waals surface area contributed by atoms with Crippen molar-refractivity contribution in [3.63, 3.8) is 0 Å². The number of carbonyl (C=O) groups is 1. The molecule has 3 aromatic heterocycles. The van der Waals surface area contributed by atoms with Gasteiger partial charge in [0.25, 0.3) is 11.5 Å². The Kier molecular flexibility index (Phi) is 5.07. The van der Waals surface area contributed by atoms with Gasteiger partial charge in [0.05, 0.1) is 25.5 Å². The Morgan fingerprint density at radius 2 is 2.04 bits per heavy atom. The van der Waals surface area contributed by atoms with Crippen molar-refractivity contribution >= 4 is 32.9 Å². The first-order valence-corrected chi connectivity index (χ1v) is 9.38. The molecule has 28 heavy (non-hydrogen) atoms. The average Bonchev–Trinajstić information content (AvgIpc) is 3.36. The van der Waals surface area contributed by atoms with E-state index in [0.717, 1.165) is 10.0 Å². The van der Waals surface area contributed by atoms with Gasteiger partial charge in [0.2, 0.25) is 0 Å². The van der Waals surface area contributed by atoms with Crippen molar-refractivity contribution in [2.45, 2.75) is 13.1 Å². The van der Waals surface area contributed by atoms with Crippen LogP contribution in [-0.2, 0) is 13.1 Å². The molecule has 0 aliphatic heterocycles. The second-order valence-corrected chi connectivity index (χ2v) is 7.06. The molecule has 0 bridgehead atoms. The van der Waals surface area contributed by atoms with Gasteiger partial charge in [0.1, 0.15) is 11.7 Å². The fraction of sp³-hybridized carbons (Fsp3) is 0.158. The van der Waals surface area contributed by atoms with Crippen LogP contribution >= 0.6 is 15.9 Å². The number of hydrogen-bond donors (Lipinski definition) is 1. The van der Waals surface area contributed by atoms with Crippen LogP contribution in [0, 0.1) is 0 Å². The average molecular weight is 442 g/mol. The predicted molar refractivity (Wildman–Crippen MR) is 106 cm³/mol. The summed E-state index contributed by atoms with van der Waals surface area (Å²) in [5.74, 6) is -0.0504. The Labute approximate surface area is 167 Å². The highest BCUT2D eigenvalue weighted by Gasteiger charge is 2.12. The van der Waals surface area contributed by atoms with Crippen molar-refractivity contribution in [3.05, 3.63) is 81.3 Å². The molecule has 0 radical (unpaired) electrons. The lowest BCUT2D eigenvalue weighted by Crippen LogP contribution is -2.27. The molecule has 0 unspecified atom stereocenters. The highest BCUT2D eigenvalue weighted by Crippen LogP contribution is 2.12.